The van der Waals surface area contributed by atoms with E-state index in [0.717, 1.165) is 43.7 Å². The molecule has 4 heteroatoms. The number of piperidine rings is 1. The molecule has 2 aliphatic heterocycles. The molecule has 0 saturated carbocycles. The molecule has 0 radical (unpaired) electrons. The van der Waals surface area contributed by atoms with Gasteiger partial charge in [0.1, 0.15) is 11.4 Å². The van der Waals surface area contributed by atoms with Gasteiger partial charge in [0.2, 0.25) is 5.91 Å². The number of nitrogens with zero attached hydrogens (tertiary/aromatic N) is 1. The number of fused-ring (bicyclic) bond motifs is 1. The first-order valence-corrected chi connectivity index (χ1v) is 9.10. The highest BCUT2D eigenvalue weighted by molar-refractivity contribution is 5.77. The number of benzene rings is 1. The van der Waals surface area contributed by atoms with Gasteiger partial charge in [0, 0.05) is 18.4 Å². The zero-order valence-electron chi connectivity index (χ0n) is 15.4. The first-order valence-electron chi connectivity index (χ1n) is 9.10. The Bertz CT molecular complexity index is 604. The first-order chi connectivity index (χ1) is 11.3. The van der Waals surface area contributed by atoms with Crippen LogP contribution in [0, 0.1) is 12.8 Å². The summed E-state index contributed by atoms with van der Waals surface area (Å²) in [4.78, 5) is 14.9. The number of aryl methyl sites for hydroxylation is 1. The average molecular weight is 330 g/mol. The fraction of sp³-hybridized carbons (Fsp3) is 0.650. The molecule has 1 saturated heterocycles. The smallest absolute Gasteiger partial charge is 0.220 e. The monoisotopic (exact) mass is 330 g/mol. The number of carbonyl (C=O) groups excluding carboxylic acids is 1. The molecule has 24 heavy (non-hydrogen) atoms. The number of carbonyl (C=O) groups is 1. The maximum Gasteiger partial charge on any atom is 0.220 e. The Morgan fingerprint density at radius 2 is 2.04 bits per heavy atom. The first kappa shape index (κ1) is 17.3. The van der Waals surface area contributed by atoms with Crippen molar-refractivity contribution in [3.05, 3.63) is 29.3 Å². The molecule has 1 N–H and O–H groups in total. The van der Waals surface area contributed by atoms with Crippen LogP contribution < -0.4 is 10.1 Å². The molecule has 1 amide bonds. The molecule has 1 fully saturated rings. The number of likely N-dealkylation sites (tertiary alicyclic amines) is 1. The summed E-state index contributed by atoms with van der Waals surface area (Å²) < 4.78 is 6.12. The predicted molar refractivity (Wildman–Crippen MR) is 96.2 cm³/mol. The van der Waals surface area contributed by atoms with Gasteiger partial charge in [-0.25, -0.2) is 0 Å². The van der Waals surface area contributed by atoms with Crippen LogP contribution in [-0.4, -0.2) is 36.5 Å². The molecule has 0 aromatic heterocycles. The van der Waals surface area contributed by atoms with Crippen molar-refractivity contribution < 1.29 is 9.53 Å². The van der Waals surface area contributed by atoms with Crippen LogP contribution in [0.3, 0.4) is 0 Å². The van der Waals surface area contributed by atoms with Crippen LogP contribution in [0.5, 0.6) is 5.75 Å². The standard InChI is InChI=1S/C20H30N2O2/c1-14-5-6-16-17(13-20(2,3)24-18(16)11-14)21-19(23)12-15-7-9-22(4)10-8-15/h5-6,11,15,17H,7-10,12-13H2,1-4H3,(H,21,23). The Hall–Kier alpha value is -1.55. The van der Waals surface area contributed by atoms with Crippen molar-refractivity contribution in [3.8, 4) is 5.75 Å². The maximum atomic E-state index is 12.6. The Morgan fingerprint density at radius 1 is 1.33 bits per heavy atom. The van der Waals surface area contributed by atoms with Gasteiger partial charge < -0.3 is 15.0 Å². The minimum absolute atomic E-state index is 0.0446. The molecule has 2 heterocycles. The predicted octanol–water partition coefficient (Wildman–Crippen LogP) is 3.45. The lowest BCUT2D eigenvalue weighted by atomic mass is 9.88. The third kappa shape index (κ3) is 4.10. The zero-order chi connectivity index (χ0) is 17.3. The SMILES string of the molecule is Cc1ccc2c(c1)OC(C)(C)CC2NC(=O)CC1CCN(C)CC1. The van der Waals surface area contributed by atoms with Crippen molar-refractivity contribution in [1.82, 2.24) is 10.2 Å². The molecular weight excluding hydrogens is 300 g/mol. The Balaban J connectivity index is 1.67. The second-order valence-corrected chi connectivity index (χ2v) is 8.18. The van der Waals surface area contributed by atoms with E-state index >= 15 is 0 Å². The summed E-state index contributed by atoms with van der Waals surface area (Å²) in [5, 5.41) is 3.28. The number of amides is 1. The van der Waals surface area contributed by atoms with Crippen molar-refractivity contribution in [2.45, 2.75) is 58.1 Å². The lowest BCUT2D eigenvalue weighted by Gasteiger charge is -2.38. The number of hydrogen-bond donors (Lipinski definition) is 1. The van der Waals surface area contributed by atoms with Gasteiger partial charge in [-0.3, -0.25) is 4.79 Å². The molecule has 4 nitrogen and oxygen atoms in total. The van der Waals surface area contributed by atoms with Crippen LogP contribution >= 0.6 is 0 Å². The summed E-state index contributed by atoms with van der Waals surface area (Å²) >= 11 is 0. The summed E-state index contributed by atoms with van der Waals surface area (Å²) in [5.74, 6) is 1.61. The average Bonchev–Trinajstić information content (AvgIpc) is 2.48. The van der Waals surface area contributed by atoms with Crippen molar-refractivity contribution in [2.75, 3.05) is 20.1 Å². The van der Waals surface area contributed by atoms with Gasteiger partial charge in [0.25, 0.3) is 0 Å². The lowest BCUT2D eigenvalue weighted by molar-refractivity contribution is -0.123. The van der Waals surface area contributed by atoms with Gasteiger partial charge >= 0.3 is 0 Å². The summed E-state index contributed by atoms with van der Waals surface area (Å²) in [6.45, 7) is 8.45. The normalized spacial score (nSPS) is 24.1. The third-order valence-corrected chi connectivity index (χ3v) is 5.27. The van der Waals surface area contributed by atoms with E-state index in [1.54, 1.807) is 0 Å². The van der Waals surface area contributed by atoms with E-state index in [1.165, 1.54) is 5.56 Å². The van der Waals surface area contributed by atoms with Crippen LogP contribution in [0.1, 0.15) is 56.7 Å². The second kappa shape index (κ2) is 6.75. The number of ether oxygens (including phenoxy) is 1. The molecule has 0 aliphatic carbocycles. The highest BCUT2D eigenvalue weighted by Gasteiger charge is 2.34. The lowest BCUT2D eigenvalue weighted by Crippen LogP contribution is -2.42. The second-order valence-electron chi connectivity index (χ2n) is 8.18. The maximum absolute atomic E-state index is 12.6. The van der Waals surface area contributed by atoms with E-state index in [9.17, 15) is 4.79 Å². The molecule has 0 bridgehead atoms. The summed E-state index contributed by atoms with van der Waals surface area (Å²) in [6, 6.07) is 6.31. The van der Waals surface area contributed by atoms with E-state index in [4.69, 9.17) is 4.74 Å². The van der Waals surface area contributed by atoms with Crippen LogP contribution in [0.25, 0.3) is 0 Å². The minimum Gasteiger partial charge on any atom is -0.487 e. The van der Waals surface area contributed by atoms with E-state index < -0.39 is 0 Å². The molecule has 1 aromatic rings. The van der Waals surface area contributed by atoms with Crippen molar-refractivity contribution in [1.29, 1.82) is 0 Å². The molecule has 0 spiro atoms. The van der Waals surface area contributed by atoms with Crippen LogP contribution in [0.15, 0.2) is 18.2 Å². The van der Waals surface area contributed by atoms with E-state index in [-0.39, 0.29) is 17.6 Å². The van der Waals surface area contributed by atoms with E-state index in [1.807, 2.05) is 0 Å². The number of nitrogens with one attached hydrogen (secondary N) is 1. The molecule has 132 valence electrons. The minimum atomic E-state index is -0.258. The molecule has 1 unspecified atom stereocenters. The van der Waals surface area contributed by atoms with Crippen LogP contribution in [-0.2, 0) is 4.79 Å². The summed E-state index contributed by atoms with van der Waals surface area (Å²) in [5.41, 5.74) is 2.03. The number of rotatable bonds is 3. The van der Waals surface area contributed by atoms with Gasteiger partial charge in [-0.15, -0.1) is 0 Å². The quantitative estimate of drug-likeness (QED) is 0.923. The topological polar surface area (TPSA) is 41.6 Å². The molecule has 1 aromatic carbocycles. The Labute approximate surface area is 145 Å². The van der Waals surface area contributed by atoms with Crippen LogP contribution in [0.4, 0.5) is 0 Å². The summed E-state index contributed by atoms with van der Waals surface area (Å²) in [7, 11) is 2.15. The number of hydrogen-bond acceptors (Lipinski definition) is 3. The zero-order valence-corrected chi connectivity index (χ0v) is 15.4. The molecule has 2 aliphatic rings. The molecular formula is C20H30N2O2. The largest absolute Gasteiger partial charge is 0.487 e. The van der Waals surface area contributed by atoms with Gasteiger partial charge in [0.05, 0.1) is 6.04 Å². The van der Waals surface area contributed by atoms with Gasteiger partial charge in [-0.2, -0.15) is 0 Å². The highest BCUT2D eigenvalue weighted by atomic mass is 16.5. The molecule has 1 atom stereocenters. The summed E-state index contributed by atoms with van der Waals surface area (Å²) in [6.07, 6.45) is 3.70. The highest BCUT2D eigenvalue weighted by Crippen LogP contribution is 2.40. The van der Waals surface area contributed by atoms with Gasteiger partial charge in [0.15, 0.2) is 0 Å². The van der Waals surface area contributed by atoms with Crippen molar-refractivity contribution >= 4 is 5.91 Å². The van der Waals surface area contributed by atoms with E-state index in [0.29, 0.717) is 12.3 Å². The fourth-order valence-electron chi connectivity index (χ4n) is 3.87. The van der Waals surface area contributed by atoms with Gasteiger partial charge in [-0.05, 0) is 71.3 Å². The van der Waals surface area contributed by atoms with Crippen LogP contribution in [0.2, 0.25) is 0 Å². The van der Waals surface area contributed by atoms with E-state index in [2.05, 4.69) is 56.2 Å². The Morgan fingerprint density at radius 3 is 2.75 bits per heavy atom. The third-order valence-electron chi connectivity index (χ3n) is 5.27. The van der Waals surface area contributed by atoms with Crippen molar-refractivity contribution in [3.63, 3.8) is 0 Å². The molecule has 3 rings (SSSR count). The Kier molecular flexibility index (Phi) is 4.86. The van der Waals surface area contributed by atoms with Crippen molar-refractivity contribution in [2.24, 2.45) is 5.92 Å². The fourth-order valence-corrected chi connectivity index (χ4v) is 3.87. The van der Waals surface area contributed by atoms with Gasteiger partial charge in [-0.1, -0.05) is 12.1 Å².